The predicted octanol–water partition coefficient (Wildman–Crippen LogP) is 4.33. The molecule has 0 amide bonds. The second-order valence-electron chi connectivity index (χ2n) is 6.02. The van der Waals surface area contributed by atoms with E-state index in [-0.39, 0.29) is 0 Å². The Labute approximate surface area is 116 Å². The van der Waals surface area contributed by atoms with Crippen molar-refractivity contribution < 1.29 is 0 Å². The molecule has 2 unspecified atom stereocenters. The standard InChI is InChI=1S/C18H23N/c1-13(12-19-16-10-11-16)14(2)17-9-5-7-15-6-3-4-8-18(15)17/h3-9,13-14,16,19H,10-12H2,1-2H3. The van der Waals surface area contributed by atoms with E-state index in [0.717, 1.165) is 12.6 Å². The van der Waals surface area contributed by atoms with E-state index in [9.17, 15) is 0 Å². The van der Waals surface area contributed by atoms with Crippen LogP contribution in [0.4, 0.5) is 0 Å². The molecule has 3 rings (SSSR count). The van der Waals surface area contributed by atoms with Crippen LogP contribution in [0.5, 0.6) is 0 Å². The number of fused-ring (bicyclic) bond motifs is 1. The highest BCUT2D eigenvalue weighted by molar-refractivity contribution is 5.86. The molecule has 1 heteroatoms. The summed E-state index contributed by atoms with van der Waals surface area (Å²) in [7, 11) is 0. The minimum atomic E-state index is 0.595. The van der Waals surface area contributed by atoms with Gasteiger partial charge in [0, 0.05) is 6.04 Å². The zero-order valence-electron chi connectivity index (χ0n) is 11.9. The van der Waals surface area contributed by atoms with E-state index in [2.05, 4.69) is 61.6 Å². The van der Waals surface area contributed by atoms with E-state index in [1.165, 1.54) is 29.2 Å². The molecular weight excluding hydrogens is 230 g/mol. The van der Waals surface area contributed by atoms with Gasteiger partial charge in [0.05, 0.1) is 0 Å². The Kier molecular flexibility index (Phi) is 3.56. The van der Waals surface area contributed by atoms with Gasteiger partial charge in [-0.15, -0.1) is 0 Å². The number of nitrogens with one attached hydrogen (secondary N) is 1. The molecule has 0 bridgehead atoms. The third-order valence-corrected chi connectivity index (χ3v) is 4.47. The lowest BCUT2D eigenvalue weighted by Crippen LogP contribution is -2.26. The van der Waals surface area contributed by atoms with E-state index in [1.54, 1.807) is 0 Å². The van der Waals surface area contributed by atoms with Gasteiger partial charge in [0.15, 0.2) is 0 Å². The van der Waals surface area contributed by atoms with E-state index in [1.807, 2.05) is 0 Å². The average Bonchev–Trinajstić information content (AvgIpc) is 3.27. The zero-order chi connectivity index (χ0) is 13.2. The summed E-state index contributed by atoms with van der Waals surface area (Å²) < 4.78 is 0. The van der Waals surface area contributed by atoms with E-state index in [4.69, 9.17) is 0 Å². The number of hydrogen-bond donors (Lipinski definition) is 1. The van der Waals surface area contributed by atoms with Crippen molar-refractivity contribution in [1.29, 1.82) is 0 Å². The maximum absolute atomic E-state index is 3.66. The van der Waals surface area contributed by atoms with Crippen LogP contribution in [-0.2, 0) is 0 Å². The van der Waals surface area contributed by atoms with Crippen LogP contribution in [-0.4, -0.2) is 12.6 Å². The lowest BCUT2D eigenvalue weighted by Gasteiger charge is -2.22. The third kappa shape index (κ3) is 2.82. The maximum Gasteiger partial charge on any atom is 0.00683 e. The number of rotatable bonds is 5. The van der Waals surface area contributed by atoms with Gasteiger partial charge in [-0.2, -0.15) is 0 Å². The van der Waals surface area contributed by atoms with Crippen molar-refractivity contribution in [3.05, 3.63) is 48.0 Å². The minimum absolute atomic E-state index is 0.595. The summed E-state index contributed by atoms with van der Waals surface area (Å²) in [5, 5.41) is 6.42. The highest BCUT2D eigenvalue weighted by atomic mass is 14.9. The smallest absolute Gasteiger partial charge is 0.00683 e. The van der Waals surface area contributed by atoms with E-state index >= 15 is 0 Å². The molecular formula is C18H23N. The Morgan fingerprint density at radius 2 is 1.79 bits per heavy atom. The first-order valence-corrected chi connectivity index (χ1v) is 7.47. The Hall–Kier alpha value is -1.34. The van der Waals surface area contributed by atoms with Crippen LogP contribution in [0, 0.1) is 5.92 Å². The Balaban J connectivity index is 1.81. The molecule has 0 saturated heterocycles. The lowest BCUT2D eigenvalue weighted by atomic mass is 9.86. The summed E-state index contributed by atoms with van der Waals surface area (Å²) in [4.78, 5) is 0. The molecule has 0 aliphatic heterocycles. The highest BCUT2D eigenvalue weighted by Crippen LogP contribution is 2.30. The van der Waals surface area contributed by atoms with Crippen LogP contribution in [0.2, 0.25) is 0 Å². The molecule has 1 fully saturated rings. The molecule has 19 heavy (non-hydrogen) atoms. The highest BCUT2D eigenvalue weighted by Gasteiger charge is 2.23. The first-order valence-electron chi connectivity index (χ1n) is 7.47. The van der Waals surface area contributed by atoms with Gasteiger partial charge in [-0.1, -0.05) is 56.3 Å². The van der Waals surface area contributed by atoms with E-state index < -0.39 is 0 Å². The van der Waals surface area contributed by atoms with Crippen LogP contribution < -0.4 is 5.32 Å². The van der Waals surface area contributed by atoms with Crippen molar-refractivity contribution in [2.45, 2.75) is 38.6 Å². The summed E-state index contributed by atoms with van der Waals surface area (Å²) in [6, 6.07) is 16.2. The van der Waals surface area contributed by atoms with Crippen LogP contribution >= 0.6 is 0 Å². The molecule has 0 heterocycles. The second-order valence-corrected chi connectivity index (χ2v) is 6.02. The van der Waals surface area contributed by atoms with Crippen molar-refractivity contribution in [3.63, 3.8) is 0 Å². The zero-order valence-corrected chi connectivity index (χ0v) is 11.9. The molecule has 2 aromatic rings. The van der Waals surface area contributed by atoms with Gasteiger partial charge in [-0.3, -0.25) is 0 Å². The first-order chi connectivity index (χ1) is 9.25. The fraction of sp³-hybridized carbons (Fsp3) is 0.444. The molecule has 100 valence electrons. The van der Waals surface area contributed by atoms with Crippen LogP contribution in [0.25, 0.3) is 10.8 Å². The Morgan fingerprint density at radius 3 is 2.58 bits per heavy atom. The summed E-state index contributed by atoms with van der Waals surface area (Å²) in [6.45, 7) is 5.86. The molecule has 0 radical (unpaired) electrons. The molecule has 0 spiro atoms. The minimum Gasteiger partial charge on any atom is -0.314 e. The summed E-state index contributed by atoms with van der Waals surface area (Å²) in [6.07, 6.45) is 2.74. The molecule has 1 N–H and O–H groups in total. The molecule has 2 aromatic carbocycles. The molecule has 1 aliphatic rings. The van der Waals surface area contributed by atoms with Crippen LogP contribution in [0.1, 0.15) is 38.2 Å². The maximum atomic E-state index is 3.66. The average molecular weight is 253 g/mol. The van der Waals surface area contributed by atoms with Crippen molar-refractivity contribution in [2.24, 2.45) is 5.92 Å². The summed E-state index contributed by atoms with van der Waals surface area (Å²) in [5.74, 6) is 1.27. The van der Waals surface area contributed by atoms with Gasteiger partial charge >= 0.3 is 0 Å². The molecule has 1 saturated carbocycles. The van der Waals surface area contributed by atoms with Crippen molar-refractivity contribution in [2.75, 3.05) is 6.54 Å². The number of benzene rings is 2. The van der Waals surface area contributed by atoms with Gasteiger partial charge < -0.3 is 5.32 Å². The SMILES string of the molecule is CC(CNC1CC1)C(C)c1cccc2ccccc12. The van der Waals surface area contributed by atoms with Crippen molar-refractivity contribution >= 4 is 10.8 Å². The first kappa shape index (κ1) is 12.7. The van der Waals surface area contributed by atoms with Gasteiger partial charge in [0.2, 0.25) is 0 Å². The normalized spacial score (nSPS) is 18.4. The van der Waals surface area contributed by atoms with E-state index in [0.29, 0.717) is 11.8 Å². The topological polar surface area (TPSA) is 12.0 Å². The van der Waals surface area contributed by atoms with Gasteiger partial charge in [0.25, 0.3) is 0 Å². The third-order valence-electron chi connectivity index (χ3n) is 4.47. The molecule has 1 aliphatic carbocycles. The fourth-order valence-corrected chi connectivity index (χ4v) is 2.77. The van der Waals surface area contributed by atoms with Gasteiger partial charge in [-0.05, 0) is 47.6 Å². The van der Waals surface area contributed by atoms with Crippen LogP contribution in [0.15, 0.2) is 42.5 Å². The predicted molar refractivity (Wildman–Crippen MR) is 82.6 cm³/mol. The Morgan fingerprint density at radius 1 is 1.05 bits per heavy atom. The summed E-state index contributed by atoms with van der Waals surface area (Å²) in [5.41, 5.74) is 1.49. The fourth-order valence-electron chi connectivity index (χ4n) is 2.77. The van der Waals surface area contributed by atoms with Gasteiger partial charge in [-0.25, -0.2) is 0 Å². The Bertz CT molecular complexity index is 551. The molecule has 0 aromatic heterocycles. The monoisotopic (exact) mass is 253 g/mol. The molecule has 1 nitrogen and oxygen atoms in total. The quantitative estimate of drug-likeness (QED) is 0.836. The lowest BCUT2D eigenvalue weighted by molar-refractivity contribution is 0.448. The van der Waals surface area contributed by atoms with Crippen molar-refractivity contribution in [1.82, 2.24) is 5.32 Å². The second kappa shape index (κ2) is 5.34. The summed E-state index contributed by atoms with van der Waals surface area (Å²) >= 11 is 0. The number of hydrogen-bond acceptors (Lipinski definition) is 1. The molecule has 2 atom stereocenters. The largest absolute Gasteiger partial charge is 0.314 e. The van der Waals surface area contributed by atoms with Crippen molar-refractivity contribution in [3.8, 4) is 0 Å². The van der Waals surface area contributed by atoms with Gasteiger partial charge in [0.1, 0.15) is 0 Å². The van der Waals surface area contributed by atoms with Crippen LogP contribution in [0.3, 0.4) is 0 Å².